The van der Waals surface area contributed by atoms with Gasteiger partial charge in [0.05, 0.1) is 5.92 Å². The zero-order valence-corrected chi connectivity index (χ0v) is 12.0. The second-order valence-corrected chi connectivity index (χ2v) is 5.23. The molecule has 1 saturated heterocycles. The van der Waals surface area contributed by atoms with Crippen molar-refractivity contribution < 1.29 is 19.4 Å². The van der Waals surface area contributed by atoms with Gasteiger partial charge in [-0.1, -0.05) is 42.5 Å². The maximum Gasteiger partial charge on any atom is 0.410 e. The summed E-state index contributed by atoms with van der Waals surface area (Å²) in [5, 5.41) is 9.38. The summed E-state index contributed by atoms with van der Waals surface area (Å²) in [6.07, 6.45) is 0.996. The van der Waals surface area contributed by atoms with E-state index >= 15 is 0 Å². The first-order chi connectivity index (χ1) is 10.0. The van der Waals surface area contributed by atoms with Crippen LogP contribution >= 0.6 is 0 Å². The lowest BCUT2D eigenvalue weighted by Gasteiger charge is -2.16. The monoisotopic (exact) mass is 289 g/mol. The molecule has 2 atom stereocenters. The Labute approximate surface area is 123 Å². The van der Waals surface area contributed by atoms with E-state index in [1.807, 2.05) is 31.2 Å². The molecule has 1 aromatic carbocycles. The fraction of sp³-hybridized carbons (Fsp3) is 0.375. The van der Waals surface area contributed by atoms with Gasteiger partial charge >= 0.3 is 12.1 Å². The van der Waals surface area contributed by atoms with E-state index in [1.54, 1.807) is 0 Å². The van der Waals surface area contributed by atoms with Crippen molar-refractivity contribution in [3.05, 3.63) is 48.0 Å². The van der Waals surface area contributed by atoms with Gasteiger partial charge in [-0.3, -0.25) is 4.79 Å². The molecule has 1 amide bonds. The van der Waals surface area contributed by atoms with Gasteiger partial charge in [0.1, 0.15) is 6.61 Å². The van der Waals surface area contributed by atoms with E-state index in [4.69, 9.17) is 4.74 Å². The smallest absolute Gasteiger partial charge is 0.410 e. The Kier molecular flexibility index (Phi) is 4.62. The molecule has 0 bridgehead atoms. The highest BCUT2D eigenvalue weighted by molar-refractivity contribution is 5.75. The minimum absolute atomic E-state index is 0.127. The lowest BCUT2D eigenvalue weighted by molar-refractivity contribution is -0.141. The number of carbonyl (C=O) groups excluding carboxylic acids is 1. The van der Waals surface area contributed by atoms with E-state index in [-0.39, 0.29) is 19.1 Å². The Morgan fingerprint density at radius 2 is 2.05 bits per heavy atom. The van der Waals surface area contributed by atoms with Gasteiger partial charge in [0.15, 0.2) is 0 Å². The summed E-state index contributed by atoms with van der Waals surface area (Å²) in [6.45, 7) is 6.12. The van der Waals surface area contributed by atoms with Gasteiger partial charge in [0.2, 0.25) is 0 Å². The van der Waals surface area contributed by atoms with Crippen LogP contribution in [-0.4, -0.2) is 41.8 Å². The van der Waals surface area contributed by atoms with Gasteiger partial charge in [-0.05, 0) is 12.5 Å². The van der Waals surface area contributed by atoms with Crippen molar-refractivity contribution in [2.75, 3.05) is 19.7 Å². The summed E-state index contributed by atoms with van der Waals surface area (Å²) in [4.78, 5) is 24.8. The highest BCUT2D eigenvalue weighted by atomic mass is 16.6. The zero-order valence-electron chi connectivity index (χ0n) is 12.0. The first kappa shape index (κ1) is 15.1. The number of hydrogen-bond donors (Lipinski definition) is 1. The number of amides is 1. The molecule has 1 aromatic rings. The molecular weight excluding hydrogens is 270 g/mol. The molecule has 1 aliphatic rings. The molecule has 1 aliphatic heterocycles. The number of likely N-dealkylation sites (tertiary alicyclic amines) is 1. The summed E-state index contributed by atoms with van der Waals surface area (Å²) in [6, 6.07) is 7.75. The first-order valence-corrected chi connectivity index (χ1v) is 6.85. The predicted molar refractivity (Wildman–Crippen MR) is 78.2 cm³/mol. The molecule has 1 fully saturated rings. The van der Waals surface area contributed by atoms with Gasteiger partial charge in [0.25, 0.3) is 0 Å². The Hall–Kier alpha value is -2.30. The maximum absolute atomic E-state index is 11.9. The molecule has 5 nitrogen and oxygen atoms in total. The van der Waals surface area contributed by atoms with Crippen molar-refractivity contribution in [1.82, 2.24) is 4.90 Å². The Bertz CT molecular complexity index is 538. The number of carbonyl (C=O) groups is 2. The molecule has 2 rings (SSSR count). The number of ether oxygens (including phenoxy) is 1. The van der Waals surface area contributed by atoms with Gasteiger partial charge in [0, 0.05) is 19.0 Å². The minimum Gasteiger partial charge on any atom is -0.481 e. The second-order valence-electron chi connectivity index (χ2n) is 5.23. The second kappa shape index (κ2) is 6.43. The Morgan fingerprint density at radius 3 is 2.62 bits per heavy atom. The van der Waals surface area contributed by atoms with Crippen molar-refractivity contribution in [3.8, 4) is 0 Å². The van der Waals surface area contributed by atoms with Crippen LogP contribution in [-0.2, 0) is 9.53 Å². The van der Waals surface area contributed by atoms with Crippen LogP contribution in [0.2, 0.25) is 0 Å². The zero-order chi connectivity index (χ0) is 15.4. The molecule has 0 saturated carbocycles. The van der Waals surface area contributed by atoms with Gasteiger partial charge in [-0.25, -0.2) is 4.79 Å². The molecule has 0 spiro atoms. The highest BCUT2D eigenvalue weighted by Gasteiger charge is 2.40. The van der Waals surface area contributed by atoms with Crippen molar-refractivity contribution in [3.63, 3.8) is 0 Å². The predicted octanol–water partition coefficient (Wildman–Crippen LogP) is 2.42. The van der Waals surface area contributed by atoms with Crippen LogP contribution in [0, 0.1) is 12.8 Å². The minimum atomic E-state index is -0.889. The quantitative estimate of drug-likeness (QED) is 0.864. The topological polar surface area (TPSA) is 66.8 Å². The fourth-order valence-electron chi connectivity index (χ4n) is 2.58. The van der Waals surface area contributed by atoms with Crippen LogP contribution < -0.4 is 0 Å². The number of carboxylic acids is 1. The van der Waals surface area contributed by atoms with Crippen molar-refractivity contribution >= 4 is 12.1 Å². The van der Waals surface area contributed by atoms with E-state index in [0.29, 0.717) is 6.54 Å². The number of hydrogen-bond acceptors (Lipinski definition) is 3. The van der Waals surface area contributed by atoms with E-state index in [2.05, 4.69) is 6.58 Å². The maximum atomic E-state index is 11.9. The van der Waals surface area contributed by atoms with E-state index in [9.17, 15) is 14.7 Å². The first-order valence-electron chi connectivity index (χ1n) is 6.85. The normalized spacial score (nSPS) is 21.1. The van der Waals surface area contributed by atoms with E-state index in [0.717, 1.165) is 11.1 Å². The molecule has 0 aliphatic carbocycles. The lowest BCUT2D eigenvalue weighted by atomic mass is 9.89. The molecule has 0 unspecified atom stereocenters. The number of aryl methyl sites for hydroxylation is 1. The average Bonchev–Trinajstić information content (AvgIpc) is 2.91. The third-order valence-electron chi connectivity index (χ3n) is 3.73. The molecule has 112 valence electrons. The van der Waals surface area contributed by atoms with E-state index in [1.165, 1.54) is 11.0 Å². The van der Waals surface area contributed by atoms with Crippen molar-refractivity contribution in [2.45, 2.75) is 12.8 Å². The van der Waals surface area contributed by atoms with Crippen LogP contribution in [0.25, 0.3) is 0 Å². The summed E-state index contributed by atoms with van der Waals surface area (Å²) < 4.78 is 4.98. The van der Waals surface area contributed by atoms with Gasteiger partial charge in [-0.15, -0.1) is 0 Å². The molecule has 21 heavy (non-hydrogen) atoms. The number of carboxylic acid groups (broad SMARTS) is 1. The number of benzene rings is 1. The summed E-state index contributed by atoms with van der Waals surface area (Å²) >= 11 is 0. The number of rotatable bonds is 4. The third-order valence-corrected chi connectivity index (χ3v) is 3.73. The molecule has 1 N–H and O–H groups in total. The highest BCUT2D eigenvalue weighted by Crippen LogP contribution is 2.33. The van der Waals surface area contributed by atoms with Crippen LogP contribution in [0.4, 0.5) is 4.79 Å². The lowest BCUT2D eigenvalue weighted by Crippen LogP contribution is -2.30. The number of aliphatic carboxylic acids is 1. The van der Waals surface area contributed by atoms with Crippen molar-refractivity contribution in [2.24, 2.45) is 5.92 Å². The van der Waals surface area contributed by atoms with E-state index < -0.39 is 18.0 Å². The average molecular weight is 289 g/mol. The number of nitrogens with zero attached hydrogens (tertiary/aromatic N) is 1. The molecule has 5 heteroatoms. The Balaban J connectivity index is 2.15. The SMILES string of the molecule is C=CCOC(=O)N1C[C@@H](C(=O)O)[C@H](c2ccc(C)cc2)C1. The molecule has 0 aromatic heterocycles. The van der Waals surface area contributed by atoms with Crippen LogP contribution in [0.1, 0.15) is 17.0 Å². The van der Waals surface area contributed by atoms with Crippen LogP contribution in [0.3, 0.4) is 0 Å². The van der Waals surface area contributed by atoms with Gasteiger partial charge < -0.3 is 14.7 Å². The summed E-state index contributed by atoms with van der Waals surface area (Å²) in [5.74, 6) is -1.71. The summed E-state index contributed by atoms with van der Waals surface area (Å²) in [7, 11) is 0. The summed E-state index contributed by atoms with van der Waals surface area (Å²) in [5.41, 5.74) is 2.05. The van der Waals surface area contributed by atoms with Crippen LogP contribution in [0.15, 0.2) is 36.9 Å². The third kappa shape index (κ3) is 3.42. The fourth-order valence-corrected chi connectivity index (χ4v) is 2.58. The Morgan fingerprint density at radius 1 is 1.38 bits per heavy atom. The van der Waals surface area contributed by atoms with Gasteiger partial charge in [-0.2, -0.15) is 0 Å². The largest absolute Gasteiger partial charge is 0.481 e. The van der Waals surface area contributed by atoms with Crippen LogP contribution in [0.5, 0.6) is 0 Å². The molecule has 0 radical (unpaired) electrons. The molecular formula is C16H19NO4. The van der Waals surface area contributed by atoms with Crippen molar-refractivity contribution in [1.29, 1.82) is 0 Å². The standard InChI is InChI=1S/C16H19NO4/c1-3-8-21-16(20)17-9-13(14(10-17)15(18)19)12-6-4-11(2)5-7-12/h3-7,13-14H,1,8-10H2,2H3,(H,18,19)/t13-,14+/m0/s1. The molecule has 1 heterocycles.